The molecule has 0 aromatic carbocycles. The monoisotopic (exact) mass is 250 g/mol. The van der Waals surface area contributed by atoms with Gasteiger partial charge in [0.2, 0.25) is 0 Å². The van der Waals surface area contributed by atoms with Crippen LogP contribution in [0.25, 0.3) is 16.8 Å². The third-order valence-corrected chi connectivity index (χ3v) is 3.74. The summed E-state index contributed by atoms with van der Waals surface area (Å²) < 4.78 is 1.96. The molecule has 1 aliphatic rings. The molecule has 19 heavy (non-hydrogen) atoms. The molecule has 1 aliphatic heterocycles. The zero-order valence-corrected chi connectivity index (χ0v) is 10.7. The first-order chi connectivity index (χ1) is 9.33. The summed E-state index contributed by atoms with van der Waals surface area (Å²) in [6, 6.07) is 10.5. The zero-order valence-electron chi connectivity index (χ0n) is 10.7. The van der Waals surface area contributed by atoms with Crippen molar-refractivity contribution < 1.29 is 0 Å². The van der Waals surface area contributed by atoms with Crippen molar-refractivity contribution in [2.24, 2.45) is 0 Å². The van der Waals surface area contributed by atoms with Crippen molar-refractivity contribution in [3.05, 3.63) is 48.3 Å². The fraction of sp³-hybridized carbons (Fsp3) is 0.200. The second kappa shape index (κ2) is 3.82. The van der Waals surface area contributed by atoms with Crippen LogP contribution in [0.4, 0.5) is 5.82 Å². The minimum atomic E-state index is 1.05. The summed E-state index contributed by atoms with van der Waals surface area (Å²) in [4.78, 5) is 6.79. The molecule has 0 N–H and O–H groups in total. The van der Waals surface area contributed by atoms with Crippen LogP contribution in [0.2, 0.25) is 0 Å². The molecule has 4 heteroatoms. The van der Waals surface area contributed by atoms with E-state index in [1.807, 2.05) is 23.0 Å². The third kappa shape index (κ3) is 1.53. The van der Waals surface area contributed by atoms with Crippen LogP contribution in [0.15, 0.2) is 42.7 Å². The Labute approximate surface area is 111 Å². The molecule has 3 aromatic heterocycles. The highest BCUT2D eigenvalue weighted by molar-refractivity contribution is 5.67. The standard InChI is InChI=1S/C15H14N4/c1-18-8-6-11-9-12(10-16-15(11)18)14-4-2-3-13-5-7-17-19(13)14/h2-5,7,9-10H,6,8H2,1H3. The number of hydrogen-bond donors (Lipinski definition) is 0. The number of anilines is 1. The van der Waals surface area contributed by atoms with Gasteiger partial charge in [-0.3, -0.25) is 0 Å². The fourth-order valence-electron chi connectivity index (χ4n) is 2.73. The zero-order chi connectivity index (χ0) is 12.8. The van der Waals surface area contributed by atoms with Gasteiger partial charge in [0.25, 0.3) is 0 Å². The van der Waals surface area contributed by atoms with Crippen LogP contribution in [0.3, 0.4) is 0 Å². The Morgan fingerprint density at radius 1 is 1.21 bits per heavy atom. The van der Waals surface area contributed by atoms with Crippen LogP contribution in [-0.4, -0.2) is 28.2 Å². The quantitative estimate of drug-likeness (QED) is 0.665. The molecule has 0 aliphatic carbocycles. The normalized spacial score (nSPS) is 14.1. The lowest BCUT2D eigenvalue weighted by atomic mass is 10.1. The lowest BCUT2D eigenvalue weighted by molar-refractivity contribution is 0.945. The maximum atomic E-state index is 4.59. The van der Waals surface area contributed by atoms with E-state index >= 15 is 0 Å². The van der Waals surface area contributed by atoms with E-state index in [2.05, 4.69) is 46.3 Å². The van der Waals surface area contributed by atoms with Crippen LogP contribution in [0.5, 0.6) is 0 Å². The molecule has 0 saturated heterocycles. The smallest absolute Gasteiger partial charge is 0.131 e. The van der Waals surface area contributed by atoms with Gasteiger partial charge in [-0.15, -0.1) is 0 Å². The lowest BCUT2D eigenvalue weighted by Gasteiger charge is -2.11. The van der Waals surface area contributed by atoms with E-state index in [0.29, 0.717) is 0 Å². The molecule has 4 nitrogen and oxygen atoms in total. The van der Waals surface area contributed by atoms with E-state index < -0.39 is 0 Å². The number of likely N-dealkylation sites (N-methyl/N-ethyl adjacent to an activating group) is 1. The van der Waals surface area contributed by atoms with Gasteiger partial charge in [0, 0.05) is 25.4 Å². The van der Waals surface area contributed by atoms with Crippen LogP contribution in [0, 0.1) is 0 Å². The predicted molar refractivity (Wildman–Crippen MR) is 75.4 cm³/mol. The van der Waals surface area contributed by atoms with Gasteiger partial charge < -0.3 is 4.90 Å². The van der Waals surface area contributed by atoms with Crippen LogP contribution in [-0.2, 0) is 6.42 Å². The SMILES string of the molecule is CN1CCc2cc(-c3cccc4ccnn34)cnc21. The minimum absolute atomic E-state index is 1.05. The van der Waals surface area contributed by atoms with E-state index in [4.69, 9.17) is 0 Å². The average Bonchev–Trinajstić information content (AvgIpc) is 3.05. The van der Waals surface area contributed by atoms with Crippen LogP contribution < -0.4 is 4.90 Å². The van der Waals surface area contributed by atoms with Crippen molar-refractivity contribution >= 4 is 11.3 Å². The molecule has 0 saturated carbocycles. The highest BCUT2D eigenvalue weighted by atomic mass is 15.2. The molecule has 0 radical (unpaired) electrons. The highest BCUT2D eigenvalue weighted by Gasteiger charge is 2.18. The summed E-state index contributed by atoms with van der Waals surface area (Å²) in [5, 5.41) is 4.38. The van der Waals surface area contributed by atoms with E-state index in [-0.39, 0.29) is 0 Å². The fourth-order valence-corrected chi connectivity index (χ4v) is 2.73. The van der Waals surface area contributed by atoms with E-state index in [1.54, 1.807) is 0 Å². The molecule has 0 spiro atoms. The Morgan fingerprint density at radius 2 is 2.16 bits per heavy atom. The Balaban J connectivity index is 1.91. The summed E-state index contributed by atoms with van der Waals surface area (Å²) in [6.45, 7) is 1.05. The van der Waals surface area contributed by atoms with Gasteiger partial charge >= 0.3 is 0 Å². The Morgan fingerprint density at radius 3 is 3.11 bits per heavy atom. The van der Waals surface area contributed by atoms with Crippen molar-refractivity contribution in [1.29, 1.82) is 0 Å². The van der Waals surface area contributed by atoms with Crippen molar-refractivity contribution in [2.45, 2.75) is 6.42 Å². The summed E-state index contributed by atoms with van der Waals surface area (Å²) in [5.74, 6) is 1.11. The summed E-state index contributed by atoms with van der Waals surface area (Å²) >= 11 is 0. The molecule has 0 bridgehead atoms. The van der Waals surface area contributed by atoms with Gasteiger partial charge in [-0.2, -0.15) is 5.10 Å². The molecule has 94 valence electrons. The molecule has 4 rings (SSSR count). The number of nitrogens with zero attached hydrogens (tertiary/aromatic N) is 4. The topological polar surface area (TPSA) is 33.4 Å². The first-order valence-electron chi connectivity index (χ1n) is 6.46. The maximum absolute atomic E-state index is 4.59. The molecular weight excluding hydrogens is 236 g/mol. The van der Waals surface area contributed by atoms with E-state index in [0.717, 1.165) is 35.6 Å². The Kier molecular flexibility index (Phi) is 2.12. The number of fused-ring (bicyclic) bond motifs is 2. The second-order valence-electron chi connectivity index (χ2n) is 4.96. The van der Waals surface area contributed by atoms with Gasteiger partial charge in [-0.1, -0.05) is 6.07 Å². The number of aromatic nitrogens is 3. The number of pyridine rings is 2. The predicted octanol–water partition coefficient (Wildman–Crippen LogP) is 2.39. The Bertz CT molecular complexity index is 760. The largest absolute Gasteiger partial charge is 0.359 e. The van der Waals surface area contributed by atoms with Gasteiger partial charge in [-0.25, -0.2) is 9.50 Å². The van der Waals surface area contributed by atoms with Gasteiger partial charge in [0.05, 0.1) is 17.4 Å². The maximum Gasteiger partial charge on any atom is 0.131 e. The van der Waals surface area contributed by atoms with Gasteiger partial charge in [0.1, 0.15) is 5.82 Å². The molecule has 3 aromatic rings. The lowest BCUT2D eigenvalue weighted by Crippen LogP contribution is -2.13. The molecule has 0 unspecified atom stereocenters. The van der Waals surface area contributed by atoms with Crippen LogP contribution in [0.1, 0.15) is 5.56 Å². The Hall–Kier alpha value is -2.36. The van der Waals surface area contributed by atoms with Gasteiger partial charge in [-0.05, 0) is 36.2 Å². The molecule has 0 amide bonds. The molecular formula is C15H14N4. The third-order valence-electron chi connectivity index (χ3n) is 3.74. The van der Waals surface area contributed by atoms with E-state index in [1.165, 1.54) is 5.56 Å². The minimum Gasteiger partial charge on any atom is -0.359 e. The summed E-state index contributed by atoms with van der Waals surface area (Å²) in [5.41, 5.74) is 4.65. The second-order valence-corrected chi connectivity index (χ2v) is 4.96. The van der Waals surface area contributed by atoms with Crippen molar-refractivity contribution in [2.75, 3.05) is 18.5 Å². The molecule has 4 heterocycles. The first kappa shape index (κ1) is 10.6. The van der Waals surface area contributed by atoms with Gasteiger partial charge in [0.15, 0.2) is 0 Å². The highest BCUT2D eigenvalue weighted by Crippen LogP contribution is 2.29. The van der Waals surface area contributed by atoms with Crippen LogP contribution >= 0.6 is 0 Å². The van der Waals surface area contributed by atoms with Crippen molar-refractivity contribution in [3.63, 3.8) is 0 Å². The van der Waals surface area contributed by atoms with Crippen molar-refractivity contribution in [1.82, 2.24) is 14.6 Å². The number of hydrogen-bond acceptors (Lipinski definition) is 3. The van der Waals surface area contributed by atoms with Crippen molar-refractivity contribution in [3.8, 4) is 11.3 Å². The molecule has 0 atom stereocenters. The number of rotatable bonds is 1. The summed E-state index contributed by atoms with van der Waals surface area (Å²) in [7, 11) is 2.09. The summed E-state index contributed by atoms with van der Waals surface area (Å²) in [6.07, 6.45) is 4.84. The molecule has 0 fully saturated rings. The van der Waals surface area contributed by atoms with E-state index in [9.17, 15) is 0 Å². The first-order valence-corrected chi connectivity index (χ1v) is 6.46. The average molecular weight is 250 g/mol.